The Morgan fingerprint density at radius 3 is 2.50 bits per heavy atom. The van der Waals surface area contributed by atoms with Crippen LogP contribution in [0.4, 0.5) is 14.6 Å². The Labute approximate surface area is 181 Å². The third kappa shape index (κ3) is 4.22. The number of nitrogens with zero attached hydrogens (tertiary/aromatic N) is 4. The van der Waals surface area contributed by atoms with Crippen molar-refractivity contribution in [2.24, 2.45) is 0 Å². The number of rotatable bonds is 7. The molecule has 9 heteroatoms. The molecule has 0 amide bonds. The van der Waals surface area contributed by atoms with Gasteiger partial charge in [0.1, 0.15) is 35.3 Å². The van der Waals surface area contributed by atoms with Gasteiger partial charge in [0.05, 0.1) is 12.2 Å². The molecular weight excluding hydrogens is 416 g/mol. The van der Waals surface area contributed by atoms with E-state index in [0.717, 1.165) is 40.0 Å². The van der Waals surface area contributed by atoms with E-state index in [2.05, 4.69) is 15.4 Å². The Hall–Kier alpha value is -4.01. The number of pyridine rings is 1. The highest BCUT2D eigenvalue weighted by Gasteiger charge is 2.21. The van der Waals surface area contributed by atoms with Crippen LogP contribution in [0.25, 0.3) is 5.69 Å². The molecule has 0 unspecified atom stereocenters. The third-order valence-corrected chi connectivity index (χ3v) is 5.10. The number of aromatic nitrogens is 4. The van der Waals surface area contributed by atoms with E-state index in [-0.39, 0.29) is 12.1 Å². The van der Waals surface area contributed by atoms with Crippen molar-refractivity contribution in [1.82, 2.24) is 19.3 Å². The Bertz CT molecular complexity index is 1290. The number of hydrogen-bond acceptors (Lipinski definition) is 5. The maximum atomic E-state index is 13.9. The lowest BCUT2D eigenvalue weighted by Gasteiger charge is -2.09. The maximum absolute atomic E-state index is 13.9. The summed E-state index contributed by atoms with van der Waals surface area (Å²) in [5.41, 5.74) is -0.196. The van der Waals surface area contributed by atoms with Crippen molar-refractivity contribution in [3.8, 4) is 17.2 Å². The molecule has 0 radical (unpaired) electrons. The molecule has 2 heterocycles. The highest BCUT2D eigenvalue weighted by Crippen LogP contribution is 2.27. The van der Waals surface area contributed by atoms with Crippen LogP contribution in [0, 0.1) is 11.6 Å². The summed E-state index contributed by atoms with van der Waals surface area (Å²) >= 11 is 0. The van der Waals surface area contributed by atoms with Crippen LogP contribution >= 0.6 is 0 Å². The second-order valence-corrected chi connectivity index (χ2v) is 7.54. The summed E-state index contributed by atoms with van der Waals surface area (Å²) in [6.45, 7) is -0.252. The van der Waals surface area contributed by atoms with E-state index in [1.165, 1.54) is 12.4 Å². The average molecular weight is 435 g/mol. The van der Waals surface area contributed by atoms with E-state index in [1.54, 1.807) is 36.5 Å². The Morgan fingerprint density at radius 2 is 1.78 bits per heavy atom. The average Bonchev–Trinajstić information content (AvgIpc) is 3.53. The zero-order valence-corrected chi connectivity index (χ0v) is 16.9. The fourth-order valence-electron chi connectivity index (χ4n) is 3.26. The molecule has 2 aromatic carbocycles. The van der Waals surface area contributed by atoms with Gasteiger partial charge in [0.15, 0.2) is 0 Å². The van der Waals surface area contributed by atoms with Gasteiger partial charge in [0.25, 0.3) is 0 Å². The van der Waals surface area contributed by atoms with Crippen LogP contribution in [0.1, 0.15) is 18.4 Å². The summed E-state index contributed by atoms with van der Waals surface area (Å²) in [6.07, 6.45) is 5.24. The maximum Gasteiger partial charge on any atom is 0.350 e. The van der Waals surface area contributed by atoms with Gasteiger partial charge in [-0.05, 0) is 55.3 Å². The van der Waals surface area contributed by atoms with Crippen molar-refractivity contribution in [3.05, 3.63) is 94.8 Å². The van der Waals surface area contributed by atoms with Crippen LogP contribution in [-0.4, -0.2) is 25.4 Å². The highest BCUT2D eigenvalue weighted by molar-refractivity contribution is 5.45. The van der Waals surface area contributed by atoms with Crippen LogP contribution in [-0.2, 0) is 6.54 Å². The molecule has 162 valence electrons. The summed E-state index contributed by atoms with van der Waals surface area (Å²) in [5, 5.41) is 7.38. The van der Waals surface area contributed by atoms with Crippen LogP contribution in [0.3, 0.4) is 0 Å². The van der Waals surface area contributed by atoms with Gasteiger partial charge in [0.2, 0.25) is 0 Å². The second-order valence-electron chi connectivity index (χ2n) is 7.54. The smallest absolute Gasteiger partial charge is 0.350 e. The third-order valence-electron chi connectivity index (χ3n) is 5.10. The quantitative estimate of drug-likeness (QED) is 0.473. The zero-order chi connectivity index (χ0) is 22.1. The first kappa shape index (κ1) is 19.9. The predicted octanol–water partition coefficient (Wildman–Crippen LogP) is 4.12. The van der Waals surface area contributed by atoms with E-state index in [9.17, 15) is 13.6 Å². The first-order chi connectivity index (χ1) is 15.6. The molecule has 2 aromatic heterocycles. The van der Waals surface area contributed by atoms with Gasteiger partial charge in [-0.2, -0.15) is 9.78 Å². The molecule has 7 nitrogen and oxygen atoms in total. The lowest BCUT2D eigenvalue weighted by molar-refractivity contribution is 0.482. The molecule has 0 saturated heterocycles. The van der Waals surface area contributed by atoms with E-state index in [1.807, 2.05) is 6.07 Å². The molecule has 1 fully saturated rings. The zero-order valence-electron chi connectivity index (χ0n) is 16.9. The SMILES string of the molecule is O=c1n(Cc2c(F)cccc2F)cnn1-c1ccc(Oc2ccnc(NC3CC3)c2)cc1. The van der Waals surface area contributed by atoms with Gasteiger partial charge in [-0.15, -0.1) is 0 Å². The van der Waals surface area contributed by atoms with E-state index in [4.69, 9.17) is 4.74 Å². The van der Waals surface area contributed by atoms with Gasteiger partial charge >= 0.3 is 5.69 Å². The minimum absolute atomic E-state index is 0.189. The molecule has 32 heavy (non-hydrogen) atoms. The molecule has 1 aliphatic rings. The number of ether oxygens (including phenoxy) is 1. The van der Waals surface area contributed by atoms with Gasteiger partial charge in [-0.3, -0.25) is 4.57 Å². The fourth-order valence-corrected chi connectivity index (χ4v) is 3.26. The lowest BCUT2D eigenvalue weighted by Crippen LogP contribution is -2.24. The predicted molar refractivity (Wildman–Crippen MR) is 114 cm³/mol. The molecule has 1 aliphatic carbocycles. The Kier molecular flexibility index (Phi) is 5.14. The van der Waals surface area contributed by atoms with E-state index in [0.29, 0.717) is 23.2 Å². The Morgan fingerprint density at radius 1 is 1.03 bits per heavy atom. The normalized spacial score (nSPS) is 13.2. The molecule has 0 bridgehead atoms. The fraction of sp³-hybridized carbons (Fsp3) is 0.174. The standard InChI is InChI=1S/C23H19F2N5O2/c24-20-2-1-3-21(25)19(20)13-29-14-27-30(23(29)31)16-6-8-17(9-7-16)32-18-10-11-26-22(12-18)28-15-4-5-15/h1-3,6-12,14-15H,4-5,13H2,(H,26,28). The molecule has 5 rings (SSSR count). The van der Waals surface area contributed by atoms with Crippen LogP contribution in [0.5, 0.6) is 11.5 Å². The number of benzene rings is 2. The molecule has 4 aromatic rings. The van der Waals surface area contributed by atoms with E-state index < -0.39 is 17.3 Å². The van der Waals surface area contributed by atoms with Crippen molar-refractivity contribution in [1.29, 1.82) is 0 Å². The topological polar surface area (TPSA) is 74.0 Å². The summed E-state index contributed by atoms with van der Waals surface area (Å²) < 4.78 is 36.0. The number of anilines is 1. The van der Waals surface area contributed by atoms with Crippen molar-refractivity contribution < 1.29 is 13.5 Å². The highest BCUT2D eigenvalue weighted by atomic mass is 19.1. The largest absolute Gasteiger partial charge is 0.457 e. The monoisotopic (exact) mass is 435 g/mol. The van der Waals surface area contributed by atoms with Gasteiger partial charge in [0, 0.05) is 23.9 Å². The van der Waals surface area contributed by atoms with E-state index >= 15 is 0 Å². The first-order valence-electron chi connectivity index (χ1n) is 10.1. The summed E-state index contributed by atoms with van der Waals surface area (Å²) in [4.78, 5) is 17.0. The van der Waals surface area contributed by atoms with Crippen molar-refractivity contribution in [2.75, 3.05) is 5.32 Å². The molecular formula is C23H19F2N5O2. The molecule has 0 atom stereocenters. The minimum Gasteiger partial charge on any atom is -0.457 e. The minimum atomic E-state index is -0.710. The van der Waals surface area contributed by atoms with Crippen molar-refractivity contribution in [2.45, 2.75) is 25.4 Å². The number of hydrogen-bond donors (Lipinski definition) is 1. The molecule has 1 N–H and O–H groups in total. The Balaban J connectivity index is 1.32. The summed E-state index contributed by atoms with van der Waals surface area (Å²) in [7, 11) is 0. The van der Waals surface area contributed by atoms with Crippen LogP contribution in [0.15, 0.2) is 71.9 Å². The second kappa shape index (κ2) is 8.26. The summed E-state index contributed by atoms with van der Waals surface area (Å²) in [5.74, 6) is 0.572. The van der Waals surface area contributed by atoms with Crippen molar-refractivity contribution >= 4 is 5.82 Å². The molecule has 1 saturated carbocycles. The van der Waals surface area contributed by atoms with Crippen LogP contribution < -0.4 is 15.7 Å². The molecule has 0 aliphatic heterocycles. The number of nitrogens with one attached hydrogen (secondary N) is 1. The lowest BCUT2D eigenvalue weighted by atomic mass is 10.2. The number of halogens is 2. The first-order valence-corrected chi connectivity index (χ1v) is 10.1. The van der Waals surface area contributed by atoms with Gasteiger partial charge in [-0.1, -0.05) is 6.07 Å². The summed E-state index contributed by atoms with van der Waals surface area (Å²) in [6, 6.07) is 14.5. The van der Waals surface area contributed by atoms with Gasteiger partial charge in [-0.25, -0.2) is 18.6 Å². The molecule has 0 spiro atoms. The van der Waals surface area contributed by atoms with Crippen molar-refractivity contribution in [3.63, 3.8) is 0 Å². The van der Waals surface area contributed by atoms with Crippen LogP contribution in [0.2, 0.25) is 0 Å². The van der Waals surface area contributed by atoms with Gasteiger partial charge < -0.3 is 10.1 Å².